The van der Waals surface area contributed by atoms with Gasteiger partial charge in [-0.25, -0.2) is 4.79 Å². The fourth-order valence-corrected chi connectivity index (χ4v) is 2.30. The van der Waals surface area contributed by atoms with E-state index >= 15 is 0 Å². The Morgan fingerprint density at radius 1 is 1.50 bits per heavy atom. The van der Waals surface area contributed by atoms with Crippen LogP contribution in [0.2, 0.25) is 0 Å². The summed E-state index contributed by atoms with van der Waals surface area (Å²) in [5, 5.41) is 8.60. The highest BCUT2D eigenvalue weighted by molar-refractivity contribution is 7.10. The molecular formula is C14H18N2O3S. The number of nitrogens with zero attached hydrogens (tertiary/aromatic N) is 1. The first kappa shape index (κ1) is 14.6. The second-order valence-corrected chi connectivity index (χ2v) is 6.53. The quantitative estimate of drug-likeness (QED) is 0.933. The molecule has 0 bridgehead atoms. The van der Waals surface area contributed by atoms with E-state index in [4.69, 9.17) is 9.26 Å². The normalized spacial score (nSPS) is 13.0. The molecule has 0 fully saturated rings. The van der Waals surface area contributed by atoms with Crippen molar-refractivity contribution in [3.63, 3.8) is 0 Å². The predicted molar refractivity (Wildman–Crippen MR) is 77.1 cm³/mol. The van der Waals surface area contributed by atoms with Crippen molar-refractivity contribution in [1.82, 2.24) is 10.5 Å². The Hall–Kier alpha value is -1.82. The van der Waals surface area contributed by atoms with Crippen LogP contribution >= 0.6 is 11.3 Å². The summed E-state index contributed by atoms with van der Waals surface area (Å²) < 4.78 is 10.1. The average Bonchev–Trinajstić information content (AvgIpc) is 2.97. The highest BCUT2D eigenvalue weighted by atomic mass is 32.1. The molecule has 0 aromatic carbocycles. The summed E-state index contributed by atoms with van der Waals surface area (Å²) in [6.07, 6.45) is -0.553. The molecule has 1 amide bonds. The standard InChI is InChI=1S/C14H18N2O3S/c1-9(10-6-5-7-20-10)15-13(17)18-12-8-11(16-19-12)14(2,3)4/h5-9H,1-4H3,(H,15,17)/t9-/m0/s1. The lowest BCUT2D eigenvalue weighted by Crippen LogP contribution is -2.29. The Morgan fingerprint density at radius 2 is 2.25 bits per heavy atom. The molecule has 0 saturated heterocycles. The van der Waals surface area contributed by atoms with Crippen LogP contribution in [0.5, 0.6) is 5.95 Å². The van der Waals surface area contributed by atoms with Gasteiger partial charge in [-0.15, -0.1) is 11.3 Å². The number of ether oxygens (including phenoxy) is 1. The summed E-state index contributed by atoms with van der Waals surface area (Å²) in [4.78, 5) is 12.8. The van der Waals surface area contributed by atoms with Gasteiger partial charge >= 0.3 is 12.0 Å². The van der Waals surface area contributed by atoms with E-state index in [1.165, 1.54) is 0 Å². The Balaban J connectivity index is 1.93. The summed E-state index contributed by atoms with van der Waals surface area (Å²) in [5.74, 6) is 0.103. The molecule has 20 heavy (non-hydrogen) atoms. The van der Waals surface area contributed by atoms with Crippen molar-refractivity contribution in [2.45, 2.75) is 39.2 Å². The number of carbonyl (C=O) groups is 1. The Labute approximate surface area is 121 Å². The van der Waals surface area contributed by atoms with E-state index in [-0.39, 0.29) is 17.4 Å². The zero-order chi connectivity index (χ0) is 14.8. The van der Waals surface area contributed by atoms with Gasteiger partial charge in [-0.05, 0) is 18.4 Å². The monoisotopic (exact) mass is 294 g/mol. The molecule has 2 heterocycles. The van der Waals surface area contributed by atoms with Crippen LogP contribution in [-0.2, 0) is 5.41 Å². The van der Waals surface area contributed by atoms with Crippen molar-refractivity contribution in [1.29, 1.82) is 0 Å². The van der Waals surface area contributed by atoms with Crippen LogP contribution in [0.3, 0.4) is 0 Å². The SMILES string of the molecule is C[C@H](NC(=O)Oc1cc(C(C)(C)C)no1)c1cccs1. The average molecular weight is 294 g/mol. The summed E-state index contributed by atoms with van der Waals surface area (Å²) in [5.41, 5.74) is 0.595. The lowest BCUT2D eigenvalue weighted by atomic mass is 9.93. The smallest absolute Gasteiger partial charge is 0.374 e. The van der Waals surface area contributed by atoms with E-state index in [1.54, 1.807) is 17.4 Å². The Morgan fingerprint density at radius 3 is 2.80 bits per heavy atom. The number of hydrogen-bond donors (Lipinski definition) is 1. The first-order chi connectivity index (χ1) is 9.36. The highest BCUT2D eigenvalue weighted by Crippen LogP contribution is 2.25. The minimum absolute atomic E-state index is 0.103. The van der Waals surface area contributed by atoms with Crippen molar-refractivity contribution in [3.8, 4) is 5.95 Å². The van der Waals surface area contributed by atoms with Gasteiger partial charge in [0.15, 0.2) is 0 Å². The van der Waals surface area contributed by atoms with Crippen LogP contribution in [0.4, 0.5) is 4.79 Å². The van der Waals surface area contributed by atoms with Crippen molar-refractivity contribution in [2.75, 3.05) is 0 Å². The summed E-state index contributed by atoms with van der Waals surface area (Å²) >= 11 is 1.58. The number of carbonyl (C=O) groups excluding carboxylic acids is 1. The van der Waals surface area contributed by atoms with Gasteiger partial charge in [0.25, 0.3) is 0 Å². The molecule has 1 N–H and O–H groups in total. The second kappa shape index (κ2) is 5.66. The number of rotatable bonds is 3. The highest BCUT2D eigenvalue weighted by Gasteiger charge is 2.21. The van der Waals surface area contributed by atoms with Crippen LogP contribution < -0.4 is 10.1 Å². The fourth-order valence-electron chi connectivity index (χ4n) is 1.57. The van der Waals surface area contributed by atoms with Gasteiger partial charge in [0.1, 0.15) is 0 Å². The molecule has 0 aliphatic heterocycles. The zero-order valence-corrected chi connectivity index (χ0v) is 12.8. The molecule has 0 unspecified atom stereocenters. The number of nitrogens with one attached hydrogen (secondary N) is 1. The minimum Gasteiger partial charge on any atom is -0.374 e. The molecule has 108 valence electrons. The lowest BCUT2D eigenvalue weighted by molar-refractivity contribution is 0.177. The maximum absolute atomic E-state index is 11.8. The summed E-state index contributed by atoms with van der Waals surface area (Å²) in [7, 11) is 0. The summed E-state index contributed by atoms with van der Waals surface area (Å²) in [6.45, 7) is 7.92. The van der Waals surface area contributed by atoms with Crippen molar-refractivity contribution in [3.05, 3.63) is 34.2 Å². The van der Waals surface area contributed by atoms with E-state index in [2.05, 4.69) is 10.5 Å². The van der Waals surface area contributed by atoms with Crippen LogP contribution in [0.1, 0.15) is 44.3 Å². The largest absolute Gasteiger partial charge is 0.415 e. The molecule has 2 aromatic rings. The zero-order valence-electron chi connectivity index (χ0n) is 12.0. The van der Waals surface area contributed by atoms with Crippen LogP contribution in [0.15, 0.2) is 28.1 Å². The lowest BCUT2D eigenvalue weighted by Gasteiger charge is -2.12. The van der Waals surface area contributed by atoms with E-state index < -0.39 is 6.09 Å². The van der Waals surface area contributed by atoms with Gasteiger partial charge in [-0.3, -0.25) is 0 Å². The third-order valence-electron chi connectivity index (χ3n) is 2.75. The second-order valence-electron chi connectivity index (χ2n) is 5.55. The molecule has 2 rings (SSSR count). The van der Waals surface area contributed by atoms with Crippen molar-refractivity contribution in [2.24, 2.45) is 0 Å². The van der Waals surface area contributed by atoms with E-state index in [9.17, 15) is 4.79 Å². The molecule has 0 radical (unpaired) electrons. The van der Waals surface area contributed by atoms with Gasteiger partial charge in [0.2, 0.25) is 0 Å². The molecular weight excluding hydrogens is 276 g/mol. The van der Waals surface area contributed by atoms with Gasteiger partial charge in [-0.2, -0.15) is 0 Å². The van der Waals surface area contributed by atoms with Gasteiger partial charge in [-0.1, -0.05) is 32.0 Å². The van der Waals surface area contributed by atoms with Crippen molar-refractivity contribution >= 4 is 17.4 Å². The molecule has 0 aliphatic carbocycles. The van der Waals surface area contributed by atoms with Crippen LogP contribution in [0, 0.1) is 0 Å². The number of aromatic nitrogens is 1. The topological polar surface area (TPSA) is 64.4 Å². The first-order valence-electron chi connectivity index (χ1n) is 6.35. The predicted octanol–water partition coefficient (Wildman–Crippen LogP) is 3.88. The minimum atomic E-state index is -0.553. The fraction of sp³-hybridized carbons (Fsp3) is 0.429. The molecule has 6 heteroatoms. The maximum Gasteiger partial charge on any atom is 0.415 e. The number of hydrogen-bond acceptors (Lipinski definition) is 5. The van der Waals surface area contributed by atoms with Gasteiger partial charge in [0, 0.05) is 16.4 Å². The van der Waals surface area contributed by atoms with Gasteiger partial charge < -0.3 is 14.6 Å². The first-order valence-corrected chi connectivity index (χ1v) is 7.23. The molecule has 1 atom stereocenters. The molecule has 0 spiro atoms. The molecule has 0 aliphatic rings. The molecule has 0 saturated carbocycles. The summed E-state index contributed by atoms with van der Waals surface area (Å²) in [6, 6.07) is 5.43. The van der Waals surface area contributed by atoms with E-state index in [0.29, 0.717) is 0 Å². The number of thiophene rings is 1. The maximum atomic E-state index is 11.8. The molecule has 2 aromatic heterocycles. The van der Waals surface area contributed by atoms with Crippen molar-refractivity contribution < 1.29 is 14.1 Å². The van der Waals surface area contributed by atoms with E-state index in [1.807, 2.05) is 45.2 Å². The van der Waals surface area contributed by atoms with Crippen LogP contribution in [0.25, 0.3) is 0 Å². The van der Waals surface area contributed by atoms with Crippen LogP contribution in [-0.4, -0.2) is 11.2 Å². The molecule has 5 nitrogen and oxygen atoms in total. The Kier molecular flexibility index (Phi) is 4.13. The third kappa shape index (κ3) is 3.60. The number of amides is 1. The third-order valence-corrected chi connectivity index (χ3v) is 3.81. The Bertz CT molecular complexity index is 570. The van der Waals surface area contributed by atoms with Gasteiger partial charge in [0.05, 0.1) is 11.7 Å². The van der Waals surface area contributed by atoms with E-state index in [0.717, 1.165) is 10.6 Å².